The van der Waals surface area contributed by atoms with Gasteiger partial charge in [0.1, 0.15) is 24.4 Å². The highest BCUT2D eigenvalue weighted by Crippen LogP contribution is 2.14. The Morgan fingerprint density at radius 3 is 1.10 bits per heavy atom. The molecule has 0 fully saturated rings. The summed E-state index contributed by atoms with van der Waals surface area (Å²) in [7, 11) is 0. The van der Waals surface area contributed by atoms with Crippen molar-refractivity contribution in [1.82, 2.24) is 0 Å². The van der Waals surface area contributed by atoms with Crippen molar-refractivity contribution in [1.29, 1.82) is 0 Å². The van der Waals surface area contributed by atoms with Crippen LogP contribution in [-0.2, 0) is 37.9 Å². The molecule has 0 spiro atoms. The maximum Gasteiger partial charge on any atom is 0.160 e. The fraction of sp³-hybridized carbons (Fsp3) is 1.00. The van der Waals surface area contributed by atoms with E-state index in [-0.39, 0.29) is 31.0 Å². The fourth-order valence-electron chi connectivity index (χ4n) is 3.37. The normalized spacial score (nSPS) is 17.4. The van der Waals surface area contributed by atoms with E-state index in [0.29, 0.717) is 52.9 Å². The summed E-state index contributed by atoms with van der Waals surface area (Å²) in [6.07, 6.45) is -5.54. The number of hydrogen-bond donors (Lipinski definition) is 6. The smallest absolute Gasteiger partial charge is 0.160 e. The van der Waals surface area contributed by atoms with E-state index in [9.17, 15) is 20.4 Å². The molecule has 14 heteroatoms. The van der Waals surface area contributed by atoms with Gasteiger partial charge in [0.05, 0.1) is 92.5 Å². The molecule has 42 heavy (non-hydrogen) atoms. The van der Waals surface area contributed by atoms with Crippen LogP contribution in [-0.4, -0.2) is 160 Å². The zero-order chi connectivity index (χ0) is 31.8. The van der Waals surface area contributed by atoms with E-state index < -0.39 is 63.4 Å². The Bertz CT molecular complexity index is 537. The first-order chi connectivity index (χ1) is 20.1. The minimum Gasteiger partial charge on any atom is -0.394 e. The summed E-state index contributed by atoms with van der Waals surface area (Å²) < 4.78 is 44.7. The quantitative estimate of drug-likeness (QED) is 0.0430. The average molecular weight is 619 g/mol. The lowest BCUT2D eigenvalue weighted by atomic mass is 10.2. The molecule has 0 aliphatic rings. The predicted molar refractivity (Wildman–Crippen MR) is 152 cm³/mol. The van der Waals surface area contributed by atoms with Gasteiger partial charge in [-0.2, -0.15) is 0 Å². The first kappa shape index (κ1) is 41.4. The molecule has 0 radical (unpaired) electrons. The Morgan fingerprint density at radius 2 is 0.786 bits per heavy atom. The molecule has 0 amide bonds. The number of aliphatic hydroxyl groups is 6. The largest absolute Gasteiger partial charge is 0.394 e. The molecule has 0 saturated heterocycles. The van der Waals surface area contributed by atoms with Gasteiger partial charge in [0, 0.05) is 17.8 Å². The lowest BCUT2D eigenvalue weighted by Crippen LogP contribution is -2.40. The van der Waals surface area contributed by atoms with E-state index in [2.05, 4.69) is 0 Å². The van der Waals surface area contributed by atoms with Crippen LogP contribution in [0.4, 0.5) is 0 Å². The molecule has 0 aliphatic heterocycles. The molecule has 2 unspecified atom stereocenters. The van der Waals surface area contributed by atoms with Crippen molar-refractivity contribution < 1.29 is 68.5 Å². The third kappa shape index (κ3) is 20.4. The predicted octanol–water partition coefficient (Wildman–Crippen LogP) is -0.852. The van der Waals surface area contributed by atoms with Crippen molar-refractivity contribution in [3.05, 3.63) is 0 Å². The van der Waals surface area contributed by atoms with Crippen LogP contribution in [0.5, 0.6) is 0 Å². The van der Waals surface area contributed by atoms with Crippen molar-refractivity contribution >= 4 is 0 Å². The highest BCUT2D eigenvalue weighted by atomic mass is 16.7. The molecule has 0 bridgehead atoms. The second-order valence-corrected chi connectivity index (χ2v) is 10.7. The van der Waals surface area contributed by atoms with E-state index >= 15 is 0 Å². The number of aliphatic hydroxyl groups excluding tert-OH is 6. The molecular weight excluding hydrogens is 560 g/mol. The molecule has 0 saturated carbocycles. The van der Waals surface area contributed by atoms with Gasteiger partial charge in [-0.25, -0.2) is 0 Å². The summed E-state index contributed by atoms with van der Waals surface area (Å²) in [6.45, 7) is 11.5. The van der Waals surface area contributed by atoms with Crippen LogP contribution in [0.3, 0.4) is 0 Å². The second-order valence-electron chi connectivity index (χ2n) is 10.7. The van der Waals surface area contributed by atoms with Crippen molar-refractivity contribution in [3.63, 3.8) is 0 Å². The molecule has 0 aliphatic carbocycles. The van der Waals surface area contributed by atoms with Gasteiger partial charge in [-0.1, -0.05) is 34.6 Å². The monoisotopic (exact) mass is 618 g/mol. The highest BCUT2D eigenvalue weighted by molar-refractivity contribution is 4.69. The molecule has 0 aromatic rings. The Balaban J connectivity index is 3.82. The van der Waals surface area contributed by atoms with Crippen LogP contribution in [0.25, 0.3) is 0 Å². The molecule has 6 N–H and O–H groups in total. The number of rotatable bonds is 30. The van der Waals surface area contributed by atoms with E-state index in [1.54, 1.807) is 0 Å². The van der Waals surface area contributed by atoms with E-state index in [0.717, 1.165) is 0 Å². The molecule has 0 heterocycles. The van der Waals surface area contributed by atoms with Crippen LogP contribution in [0, 0.1) is 17.8 Å². The maximum absolute atomic E-state index is 9.69. The average Bonchev–Trinajstić information content (AvgIpc) is 2.97. The van der Waals surface area contributed by atoms with Crippen LogP contribution in [0.15, 0.2) is 0 Å². The first-order valence-corrected chi connectivity index (χ1v) is 14.8. The van der Waals surface area contributed by atoms with E-state index in [1.165, 1.54) is 0 Å². The Kier molecular flexibility index (Phi) is 26.5. The third-order valence-corrected chi connectivity index (χ3v) is 5.87. The summed E-state index contributed by atoms with van der Waals surface area (Å²) >= 11 is 0. The van der Waals surface area contributed by atoms with Crippen molar-refractivity contribution in [2.75, 3.05) is 92.5 Å². The molecule has 0 aromatic carbocycles. The van der Waals surface area contributed by atoms with Crippen LogP contribution < -0.4 is 0 Å². The van der Waals surface area contributed by atoms with Gasteiger partial charge in [-0.3, -0.25) is 0 Å². The number of ether oxygens (including phenoxy) is 8. The van der Waals surface area contributed by atoms with Gasteiger partial charge in [-0.15, -0.1) is 0 Å². The van der Waals surface area contributed by atoms with Crippen molar-refractivity contribution in [2.24, 2.45) is 17.8 Å². The van der Waals surface area contributed by atoms with Crippen LogP contribution in [0.2, 0.25) is 0 Å². The van der Waals surface area contributed by atoms with Gasteiger partial charge in [0.2, 0.25) is 0 Å². The lowest BCUT2D eigenvalue weighted by Gasteiger charge is -2.28. The van der Waals surface area contributed by atoms with Gasteiger partial charge in [-0.05, 0) is 0 Å². The Labute approximate surface area is 250 Å². The molecule has 0 rings (SSSR count). The van der Waals surface area contributed by atoms with Gasteiger partial charge < -0.3 is 68.5 Å². The molecule has 6 atom stereocenters. The third-order valence-electron chi connectivity index (χ3n) is 5.87. The van der Waals surface area contributed by atoms with Gasteiger partial charge in [0.25, 0.3) is 0 Å². The van der Waals surface area contributed by atoms with Crippen LogP contribution >= 0.6 is 0 Å². The molecule has 254 valence electrons. The molecule has 14 nitrogen and oxygen atoms in total. The topological polar surface area (TPSA) is 195 Å². The summed E-state index contributed by atoms with van der Waals surface area (Å²) in [4.78, 5) is 0. The molecular formula is C28H58O14. The maximum atomic E-state index is 9.69. The zero-order valence-electron chi connectivity index (χ0n) is 26.0. The highest BCUT2D eigenvalue weighted by Gasteiger charge is 2.26. The lowest BCUT2D eigenvalue weighted by molar-refractivity contribution is -0.224. The summed E-state index contributed by atoms with van der Waals surface area (Å²) in [5.41, 5.74) is 0. The van der Waals surface area contributed by atoms with Crippen molar-refractivity contribution in [3.8, 4) is 0 Å². The fourth-order valence-corrected chi connectivity index (χ4v) is 3.37. The Morgan fingerprint density at radius 1 is 0.452 bits per heavy atom. The SMILES string of the molecule is CC(COCCOCCO[C@H](OC(CO)[C@H](O)CO)C(C)C)COCCOCCO[C@H](OC(CO)[C@H](O)CO)C(C)C. The van der Waals surface area contributed by atoms with E-state index in [4.69, 9.17) is 48.1 Å². The zero-order valence-corrected chi connectivity index (χ0v) is 26.0. The first-order valence-electron chi connectivity index (χ1n) is 14.8. The molecule has 0 aromatic heterocycles. The summed E-state index contributed by atoms with van der Waals surface area (Å²) in [5.74, 6) is 0.134. The van der Waals surface area contributed by atoms with E-state index in [1.807, 2.05) is 34.6 Å². The standard InChI is InChI=1S/C28H58O14/c1-20(2)27(41-25(16-31)23(33)14-29)39-12-10-35-6-8-37-18-22(5)19-38-9-7-36-11-13-40-28(21(3)4)42-26(17-32)24(34)15-30/h20-34H,6-19H2,1-5H3/t22?,23-,24-,25?,26?,27-,28-/m1/s1. The van der Waals surface area contributed by atoms with Crippen LogP contribution in [0.1, 0.15) is 34.6 Å². The minimum atomic E-state index is -1.19. The summed E-state index contributed by atoms with van der Waals surface area (Å²) in [5, 5.41) is 56.1. The second kappa shape index (κ2) is 26.8. The minimum absolute atomic E-state index is 0.0267. The summed E-state index contributed by atoms with van der Waals surface area (Å²) in [6, 6.07) is 0. The van der Waals surface area contributed by atoms with Gasteiger partial charge >= 0.3 is 0 Å². The van der Waals surface area contributed by atoms with Gasteiger partial charge in [0.15, 0.2) is 12.6 Å². The Hall–Kier alpha value is -0.560. The van der Waals surface area contributed by atoms with Crippen molar-refractivity contribution in [2.45, 2.75) is 71.6 Å². The number of hydrogen-bond acceptors (Lipinski definition) is 14.